The Balaban J connectivity index is 1.90. The molecular formula is C23H38N4O7S. The highest BCUT2D eigenvalue weighted by Crippen LogP contribution is 2.27. The van der Waals surface area contributed by atoms with Gasteiger partial charge < -0.3 is 15.0 Å². The van der Waals surface area contributed by atoms with Crippen molar-refractivity contribution in [2.24, 2.45) is 5.92 Å². The van der Waals surface area contributed by atoms with Crippen LogP contribution in [0.3, 0.4) is 0 Å². The molecule has 1 N–H and O–H groups in total. The van der Waals surface area contributed by atoms with E-state index in [2.05, 4.69) is 10.2 Å². The van der Waals surface area contributed by atoms with Crippen LogP contribution in [-0.2, 0) is 25.6 Å². The molecule has 0 saturated carbocycles. The van der Waals surface area contributed by atoms with E-state index in [-0.39, 0.29) is 24.3 Å². The van der Waals surface area contributed by atoms with Crippen LogP contribution in [0, 0.1) is 16.0 Å². The van der Waals surface area contributed by atoms with Crippen LogP contribution in [0.2, 0.25) is 0 Å². The SMILES string of the molecule is CC(CCCOS(C)(=O)=O)CNc1cc(CN2CCN(C(=O)OC(C)(C)C)CC2)ccc1[N+](=O)[O-]. The lowest BCUT2D eigenvalue weighted by molar-refractivity contribution is -0.384. The molecular weight excluding hydrogens is 476 g/mol. The maximum Gasteiger partial charge on any atom is 0.410 e. The Labute approximate surface area is 208 Å². The lowest BCUT2D eigenvalue weighted by Gasteiger charge is -2.35. The van der Waals surface area contributed by atoms with Gasteiger partial charge in [-0.2, -0.15) is 8.42 Å². The van der Waals surface area contributed by atoms with E-state index in [4.69, 9.17) is 8.92 Å². The van der Waals surface area contributed by atoms with E-state index in [0.29, 0.717) is 51.4 Å². The first kappa shape index (κ1) is 28.8. The average Bonchev–Trinajstić information content (AvgIpc) is 2.74. The van der Waals surface area contributed by atoms with Crippen LogP contribution in [0.15, 0.2) is 18.2 Å². The number of rotatable bonds is 11. The second-order valence-corrected chi connectivity index (χ2v) is 11.7. The smallest absolute Gasteiger partial charge is 0.410 e. The molecule has 1 aliphatic heterocycles. The maximum atomic E-state index is 12.3. The van der Waals surface area contributed by atoms with Gasteiger partial charge in [-0.1, -0.05) is 13.0 Å². The Bertz CT molecular complexity index is 971. The van der Waals surface area contributed by atoms with Crippen molar-refractivity contribution in [1.82, 2.24) is 9.80 Å². The van der Waals surface area contributed by atoms with Crippen molar-refractivity contribution in [2.45, 2.75) is 52.7 Å². The molecule has 1 aromatic carbocycles. The molecule has 35 heavy (non-hydrogen) atoms. The molecule has 0 aromatic heterocycles. The fourth-order valence-corrected chi connectivity index (χ4v) is 4.10. The number of nitro groups is 1. The molecule has 1 aromatic rings. The second-order valence-electron chi connectivity index (χ2n) is 10.0. The van der Waals surface area contributed by atoms with Gasteiger partial charge in [-0.05, 0) is 51.2 Å². The fraction of sp³-hybridized carbons (Fsp3) is 0.696. The summed E-state index contributed by atoms with van der Waals surface area (Å²) in [5.74, 6) is 0.169. The predicted molar refractivity (Wildman–Crippen MR) is 134 cm³/mol. The molecule has 1 fully saturated rings. The third-order valence-electron chi connectivity index (χ3n) is 5.47. The Morgan fingerprint density at radius 1 is 1.23 bits per heavy atom. The second kappa shape index (κ2) is 12.5. The summed E-state index contributed by atoms with van der Waals surface area (Å²) >= 11 is 0. The minimum absolute atomic E-state index is 0.0103. The number of hydrogen-bond acceptors (Lipinski definition) is 9. The molecule has 0 spiro atoms. The van der Waals surface area contributed by atoms with Gasteiger partial charge in [-0.15, -0.1) is 0 Å². The minimum atomic E-state index is -3.44. The van der Waals surface area contributed by atoms with Crippen LogP contribution >= 0.6 is 0 Å². The number of nitrogens with zero attached hydrogens (tertiary/aromatic N) is 3. The highest BCUT2D eigenvalue weighted by atomic mass is 32.2. The summed E-state index contributed by atoms with van der Waals surface area (Å²) in [7, 11) is -3.44. The first-order valence-electron chi connectivity index (χ1n) is 11.8. The van der Waals surface area contributed by atoms with Gasteiger partial charge in [0, 0.05) is 45.3 Å². The van der Waals surface area contributed by atoms with Gasteiger partial charge in [0.15, 0.2) is 0 Å². The number of benzene rings is 1. The number of nitro benzene ring substituents is 1. The monoisotopic (exact) mass is 514 g/mol. The fourth-order valence-electron chi connectivity index (χ4n) is 3.68. The van der Waals surface area contributed by atoms with Gasteiger partial charge in [0.2, 0.25) is 0 Å². The van der Waals surface area contributed by atoms with Gasteiger partial charge in [-0.25, -0.2) is 4.79 Å². The molecule has 1 unspecified atom stereocenters. The van der Waals surface area contributed by atoms with Crippen LogP contribution in [0.1, 0.15) is 46.1 Å². The molecule has 1 amide bonds. The minimum Gasteiger partial charge on any atom is -0.444 e. The van der Waals surface area contributed by atoms with E-state index >= 15 is 0 Å². The first-order chi connectivity index (χ1) is 16.2. The van der Waals surface area contributed by atoms with Crippen LogP contribution in [0.5, 0.6) is 0 Å². The van der Waals surface area contributed by atoms with Gasteiger partial charge in [0.1, 0.15) is 11.3 Å². The number of ether oxygens (including phenoxy) is 1. The average molecular weight is 515 g/mol. The lowest BCUT2D eigenvalue weighted by Crippen LogP contribution is -2.49. The zero-order valence-corrected chi connectivity index (χ0v) is 22.1. The van der Waals surface area contributed by atoms with Crippen LogP contribution in [-0.4, -0.2) is 80.4 Å². The summed E-state index contributed by atoms with van der Waals surface area (Å²) in [5, 5.41) is 14.7. The summed E-state index contributed by atoms with van der Waals surface area (Å²) in [4.78, 5) is 27.3. The molecule has 0 radical (unpaired) electrons. The van der Waals surface area contributed by atoms with Crippen LogP contribution in [0.25, 0.3) is 0 Å². The summed E-state index contributed by atoms with van der Waals surface area (Å²) < 4.78 is 32.3. The molecule has 12 heteroatoms. The molecule has 0 aliphatic carbocycles. The van der Waals surface area contributed by atoms with Crippen molar-refractivity contribution in [2.75, 3.05) is 50.9 Å². The van der Waals surface area contributed by atoms with Crippen molar-refractivity contribution in [3.05, 3.63) is 33.9 Å². The van der Waals surface area contributed by atoms with Crippen molar-refractivity contribution in [1.29, 1.82) is 0 Å². The highest BCUT2D eigenvalue weighted by molar-refractivity contribution is 7.85. The normalized spacial score (nSPS) is 16.1. The van der Waals surface area contributed by atoms with Gasteiger partial charge >= 0.3 is 6.09 Å². The van der Waals surface area contributed by atoms with Gasteiger partial charge in [0.25, 0.3) is 15.8 Å². The van der Waals surface area contributed by atoms with Gasteiger partial charge in [0.05, 0.1) is 17.8 Å². The topological polar surface area (TPSA) is 131 Å². The number of carbonyl (C=O) groups excluding carboxylic acids is 1. The van der Waals surface area contributed by atoms with Crippen molar-refractivity contribution in [3.8, 4) is 0 Å². The molecule has 2 rings (SSSR count). The number of carbonyl (C=O) groups is 1. The highest BCUT2D eigenvalue weighted by Gasteiger charge is 2.26. The van der Waals surface area contributed by atoms with Crippen LogP contribution in [0.4, 0.5) is 16.2 Å². The van der Waals surface area contributed by atoms with E-state index in [1.165, 1.54) is 6.07 Å². The summed E-state index contributed by atoms with van der Waals surface area (Å²) in [6.07, 6.45) is 2.01. The molecule has 1 aliphatic rings. The Hall–Kier alpha value is -2.44. The summed E-state index contributed by atoms with van der Waals surface area (Å²) in [6, 6.07) is 5.08. The standard InChI is InChI=1S/C23H38N4O7S/c1-18(7-6-14-33-35(5,31)32)16-24-20-15-19(8-9-21(20)27(29)30)17-25-10-12-26(13-11-25)22(28)34-23(2,3)4/h8-9,15,18,24H,6-7,10-14,16-17H2,1-5H3. The van der Waals surface area contributed by atoms with Gasteiger partial charge in [-0.3, -0.25) is 19.2 Å². The van der Waals surface area contributed by atoms with E-state index in [1.54, 1.807) is 17.0 Å². The van der Waals surface area contributed by atoms with Crippen molar-refractivity contribution >= 4 is 27.6 Å². The summed E-state index contributed by atoms with van der Waals surface area (Å²) in [5.41, 5.74) is 0.880. The number of nitrogens with one attached hydrogen (secondary N) is 1. The molecule has 11 nitrogen and oxygen atoms in total. The summed E-state index contributed by atoms with van der Waals surface area (Å²) in [6.45, 7) is 11.3. The number of anilines is 1. The van der Waals surface area contributed by atoms with E-state index in [9.17, 15) is 23.3 Å². The number of piperazine rings is 1. The molecule has 198 valence electrons. The van der Waals surface area contributed by atoms with Crippen LogP contribution < -0.4 is 5.32 Å². The predicted octanol–water partition coefficient (Wildman–Crippen LogP) is 3.45. The lowest BCUT2D eigenvalue weighted by atomic mass is 10.1. The number of amides is 1. The molecule has 0 bridgehead atoms. The zero-order chi connectivity index (χ0) is 26.2. The quantitative estimate of drug-likeness (QED) is 0.204. The molecule has 1 heterocycles. The Kier molecular flexibility index (Phi) is 10.3. The maximum absolute atomic E-state index is 12.3. The zero-order valence-electron chi connectivity index (χ0n) is 21.3. The van der Waals surface area contributed by atoms with Crippen molar-refractivity contribution in [3.63, 3.8) is 0 Å². The third-order valence-corrected chi connectivity index (χ3v) is 6.06. The Morgan fingerprint density at radius 3 is 2.46 bits per heavy atom. The third kappa shape index (κ3) is 10.8. The largest absolute Gasteiger partial charge is 0.444 e. The van der Waals surface area contributed by atoms with E-state index in [1.807, 2.05) is 27.7 Å². The first-order valence-corrected chi connectivity index (χ1v) is 13.6. The van der Waals surface area contributed by atoms with E-state index < -0.39 is 20.6 Å². The molecule has 1 atom stereocenters. The Morgan fingerprint density at radius 2 is 1.89 bits per heavy atom. The molecule has 1 saturated heterocycles. The van der Waals surface area contributed by atoms with Crippen molar-refractivity contribution < 1.29 is 27.1 Å². The number of hydrogen-bond donors (Lipinski definition) is 1. The van der Waals surface area contributed by atoms with E-state index in [0.717, 1.165) is 18.2 Å².